The average Bonchev–Trinajstić information content (AvgIpc) is 2.18. The van der Waals surface area contributed by atoms with Crippen LogP contribution in [-0.4, -0.2) is 12.6 Å². The first-order valence-electron chi connectivity index (χ1n) is 5.15. The minimum absolute atomic E-state index is 0.448. The number of hydrogen-bond donors (Lipinski definition) is 0. The van der Waals surface area contributed by atoms with E-state index in [1.807, 2.05) is 6.92 Å². The lowest BCUT2D eigenvalue weighted by molar-refractivity contribution is -0.485. The first-order valence-corrected chi connectivity index (χ1v) is 5.15. The molecule has 0 spiro atoms. The van der Waals surface area contributed by atoms with Crippen LogP contribution >= 0.6 is 0 Å². The number of unbranched alkanes of at least 4 members (excludes halogenated alkanes) is 2. The van der Waals surface area contributed by atoms with E-state index >= 15 is 0 Å². The first-order chi connectivity index (χ1) is 6.68. The van der Waals surface area contributed by atoms with E-state index in [0.29, 0.717) is 6.61 Å². The standard InChI is InChI=1S/C6H12O4.C4H10/c1-3-4-5-8-10-9-6(2)7;1-3-4-2/h3-5H2,1-2H3;3-4H2,1-2H3. The van der Waals surface area contributed by atoms with Gasteiger partial charge in [-0.15, -0.1) is 0 Å². The van der Waals surface area contributed by atoms with Crippen LogP contribution in [0, 0.1) is 0 Å². The summed E-state index contributed by atoms with van der Waals surface area (Å²) < 4.78 is 0. The van der Waals surface area contributed by atoms with E-state index in [2.05, 4.69) is 28.7 Å². The average molecular weight is 206 g/mol. The zero-order valence-corrected chi connectivity index (χ0v) is 9.67. The molecule has 14 heavy (non-hydrogen) atoms. The summed E-state index contributed by atoms with van der Waals surface area (Å²) in [6.45, 7) is 8.07. The predicted molar refractivity (Wildman–Crippen MR) is 54.3 cm³/mol. The van der Waals surface area contributed by atoms with Crippen LogP contribution < -0.4 is 0 Å². The summed E-state index contributed by atoms with van der Waals surface area (Å²) in [4.78, 5) is 18.5. The van der Waals surface area contributed by atoms with Crippen LogP contribution in [0.15, 0.2) is 0 Å². The predicted octanol–water partition coefficient (Wildman–Crippen LogP) is 3.02. The lowest BCUT2D eigenvalue weighted by Crippen LogP contribution is -2.02. The molecule has 4 nitrogen and oxygen atoms in total. The van der Waals surface area contributed by atoms with Crippen LogP contribution in [0.2, 0.25) is 0 Å². The van der Waals surface area contributed by atoms with Crippen LogP contribution in [0.1, 0.15) is 53.4 Å². The third-order valence-electron chi connectivity index (χ3n) is 1.28. The van der Waals surface area contributed by atoms with Crippen molar-refractivity contribution in [3.63, 3.8) is 0 Å². The van der Waals surface area contributed by atoms with E-state index in [9.17, 15) is 4.79 Å². The summed E-state index contributed by atoms with van der Waals surface area (Å²) in [6.07, 6.45) is 4.55. The third kappa shape index (κ3) is 22.5. The lowest BCUT2D eigenvalue weighted by Gasteiger charge is -1.98. The van der Waals surface area contributed by atoms with Crippen molar-refractivity contribution in [2.24, 2.45) is 0 Å². The molecule has 0 aliphatic heterocycles. The van der Waals surface area contributed by atoms with Gasteiger partial charge < -0.3 is 0 Å². The third-order valence-corrected chi connectivity index (χ3v) is 1.28. The van der Waals surface area contributed by atoms with Crippen molar-refractivity contribution < 1.29 is 19.6 Å². The molecular weight excluding hydrogens is 184 g/mol. The van der Waals surface area contributed by atoms with Crippen LogP contribution in [0.3, 0.4) is 0 Å². The first kappa shape index (κ1) is 15.8. The number of hydrogen-bond acceptors (Lipinski definition) is 4. The fraction of sp³-hybridized carbons (Fsp3) is 0.900. The number of carbonyl (C=O) groups excluding carboxylic acids is 1. The molecule has 0 aromatic rings. The minimum Gasteiger partial charge on any atom is -0.269 e. The molecule has 0 aliphatic rings. The fourth-order valence-electron chi connectivity index (χ4n) is 0.309. The second-order valence-electron chi connectivity index (χ2n) is 2.82. The van der Waals surface area contributed by atoms with Crippen molar-refractivity contribution in [2.45, 2.75) is 53.4 Å². The van der Waals surface area contributed by atoms with Crippen LogP contribution in [0.25, 0.3) is 0 Å². The molecule has 0 radical (unpaired) electrons. The maximum atomic E-state index is 10.0. The Labute approximate surface area is 86.4 Å². The maximum Gasteiger partial charge on any atom is 0.342 e. The quantitative estimate of drug-likeness (QED) is 0.380. The molecule has 4 heteroatoms. The monoisotopic (exact) mass is 206 g/mol. The summed E-state index contributed by atoms with van der Waals surface area (Å²) >= 11 is 0. The van der Waals surface area contributed by atoms with Gasteiger partial charge >= 0.3 is 5.97 Å². The molecule has 0 atom stereocenters. The van der Waals surface area contributed by atoms with Gasteiger partial charge in [0.25, 0.3) is 0 Å². The Kier molecular flexibility index (Phi) is 16.9. The second kappa shape index (κ2) is 14.9. The highest BCUT2D eigenvalue weighted by Gasteiger charge is 1.92. The second-order valence-corrected chi connectivity index (χ2v) is 2.82. The smallest absolute Gasteiger partial charge is 0.269 e. The topological polar surface area (TPSA) is 44.8 Å². The lowest BCUT2D eigenvalue weighted by atomic mass is 10.4. The van der Waals surface area contributed by atoms with Crippen molar-refractivity contribution in [3.8, 4) is 0 Å². The molecule has 0 N–H and O–H groups in total. The van der Waals surface area contributed by atoms with Crippen molar-refractivity contribution in [1.82, 2.24) is 0 Å². The Morgan fingerprint density at radius 1 is 1.07 bits per heavy atom. The summed E-state index contributed by atoms with van der Waals surface area (Å²) in [7, 11) is 0. The molecule has 0 rings (SSSR count). The van der Waals surface area contributed by atoms with E-state index in [4.69, 9.17) is 0 Å². The molecule has 0 aromatic heterocycles. The molecule has 0 amide bonds. The normalized spacial score (nSPS) is 8.86. The highest BCUT2D eigenvalue weighted by atomic mass is 17.5. The zero-order valence-electron chi connectivity index (χ0n) is 9.67. The Morgan fingerprint density at radius 3 is 2.00 bits per heavy atom. The summed E-state index contributed by atoms with van der Waals surface area (Å²) in [6, 6.07) is 0. The number of rotatable bonds is 6. The van der Waals surface area contributed by atoms with Gasteiger partial charge in [0.05, 0.1) is 6.61 Å². The summed E-state index contributed by atoms with van der Waals surface area (Å²) in [5.41, 5.74) is 0. The highest BCUT2D eigenvalue weighted by molar-refractivity contribution is 5.65. The molecule has 86 valence electrons. The van der Waals surface area contributed by atoms with Gasteiger partial charge in [0.2, 0.25) is 0 Å². The molecule has 0 aromatic carbocycles. The van der Waals surface area contributed by atoms with Crippen LogP contribution in [0.4, 0.5) is 0 Å². The van der Waals surface area contributed by atoms with Gasteiger partial charge in [-0.3, -0.25) is 4.89 Å². The molecule has 0 saturated carbocycles. The summed E-state index contributed by atoms with van der Waals surface area (Å²) in [5.74, 6) is -0.517. The van der Waals surface area contributed by atoms with Gasteiger partial charge in [0.15, 0.2) is 0 Å². The minimum atomic E-state index is -0.517. The number of carbonyl (C=O) groups is 1. The highest BCUT2D eigenvalue weighted by Crippen LogP contribution is 1.89. The van der Waals surface area contributed by atoms with Crippen molar-refractivity contribution in [3.05, 3.63) is 0 Å². The van der Waals surface area contributed by atoms with Gasteiger partial charge in [-0.25, -0.2) is 4.79 Å². The SMILES string of the molecule is CCCC.CCCCOOOC(C)=O. The Balaban J connectivity index is 0. The van der Waals surface area contributed by atoms with Gasteiger partial charge in [0, 0.05) is 6.92 Å². The van der Waals surface area contributed by atoms with E-state index in [1.54, 1.807) is 0 Å². The van der Waals surface area contributed by atoms with Gasteiger partial charge in [-0.2, -0.15) is 4.89 Å². The van der Waals surface area contributed by atoms with E-state index in [-0.39, 0.29) is 0 Å². The molecule has 0 bridgehead atoms. The van der Waals surface area contributed by atoms with Crippen molar-refractivity contribution >= 4 is 5.97 Å². The van der Waals surface area contributed by atoms with Gasteiger partial charge in [0.1, 0.15) is 0 Å². The van der Waals surface area contributed by atoms with Crippen molar-refractivity contribution in [1.29, 1.82) is 0 Å². The molecule has 0 unspecified atom stereocenters. The Bertz CT molecular complexity index is 113. The van der Waals surface area contributed by atoms with Crippen LogP contribution in [-0.2, 0) is 19.6 Å². The van der Waals surface area contributed by atoms with E-state index in [0.717, 1.165) is 12.8 Å². The van der Waals surface area contributed by atoms with Gasteiger partial charge in [-0.05, 0) is 11.5 Å². The van der Waals surface area contributed by atoms with E-state index < -0.39 is 5.97 Å². The van der Waals surface area contributed by atoms with Crippen molar-refractivity contribution in [2.75, 3.05) is 6.61 Å². The molecule has 0 fully saturated rings. The molecular formula is C10H22O4. The summed E-state index contributed by atoms with van der Waals surface area (Å²) in [5, 5.41) is 4.05. The zero-order chi connectivity index (χ0) is 11.2. The largest absolute Gasteiger partial charge is 0.342 e. The molecule has 0 heterocycles. The van der Waals surface area contributed by atoms with E-state index in [1.165, 1.54) is 19.8 Å². The van der Waals surface area contributed by atoms with Gasteiger partial charge in [-0.1, -0.05) is 40.0 Å². The molecule has 0 saturated heterocycles. The molecule has 0 aliphatic carbocycles. The fourth-order valence-corrected chi connectivity index (χ4v) is 0.309. The Morgan fingerprint density at radius 2 is 1.64 bits per heavy atom. The maximum absolute atomic E-state index is 10.0. The van der Waals surface area contributed by atoms with Crippen LogP contribution in [0.5, 0.6) is 0 Å². The Hall–Kier alpha value is -0.610.